The standard InChI is InChI=1S/C8H7Cl/c1-7-3-2-4-8(5-7)6-9/h3-4H,6H2,1H3. The van der Waals surface area contributed by atoms with Crippen LogP contribution in [-0.4, -0.2) is 0 Å². The fourth-order valence-electron chi connectivity index (χ4n) is 0.665. The first-order chi connectivity index (χ1) is 4.33. The summed E-state index contributed by atoms with van der Waals surface area (Å²) in [6, 6.07) is 9.79. The van der Waals surface area contributed by atoms with Gasteiger partial charge in [-0.15, -0.1) is 11.6 Å². The minimum atomic E-state index is 0.526. The first kappa shape index (κ1) is 6.63. The van der Waals surface area contributed by atoms with Crippen LogP contribution < -0.4 is 0 Å². The summed E-state index contributed by atoms with van der Waals surface area (Å²) in [6.07, 6.45) is 0. The predicted octanol–water partition coefficient (Wildman–Crippen LogP) is 2.33. The van der Waals surface area contributed by atoms with Crippen molar-refractivity contribution in [3.63, 3.8) is 0 Å². The fourth-order valence-corrected chi connectivity index (χ4v) is 0.809. The van der Waals surface area contributed by atoms with E-state index in [4.69, 9.17) is 11.6 Å². The van der Waals surface area contributed by atoms with Gasteiger partial charge in [-0.2, -0.15) is 0 Å². The van der Waals surface area contributed by atoms with E-state index in [0.717, 1.165) is 11.1 Å². The van der Waals surface area contributed by atoms with E-state index in [9.17, 15) is 0 Å². The molecule has 0 aliphatic heterocycles. The van der Waals surface area contributed by atoms with Gasteiger partial charge in [-0.1, -0.05) is 6.07 Å². The number of hydrogen-bond acceptors (Lipinski definition) is 0. The molecular weight excluding hydrogens is 132 g/mol. The molecular formula is C8H7Cl. The second kappa shape index (κ2) is 2.88. The highest BCUT2D eigenvalue weighted by Gasteiger charge is 1.88. The molecule has 0 spiro atoms. The maximum absolute atomic E-state index is 5.55. The molecule has 0 bridgehead atoms. The van der Waals surface area contributed by atoms with Crippen LogP contribution in [0, 0.1) is 19.1 Å². The Morgan fingerprint density at radius 2 is 2.33 bits per heavy atom. The molecule has 1 heteroatoms. The highest BCUT2D eigenvalue weighted by atomic mass is 35.5. The number of aryl methyl sites for hydroxylation is 1. The van der Waals surface area contributed by atoms with Crippen molar-refractivity contribution in [3.8, 4) is 0 Å². The molecule has 0 aliphatic rings. The second-order valence-electron chi connectivity index (χ2n) is 1.92. The van der Waals surface area contributed by atoms with Crippen LogP contribution in [0.25, 0.3) is 0 Å². The van der Waals surface area contributed by atoms with Gasteiger partial charge in [0.1, 0.15) is 0 Å². The first-order valence-corrected chi connectivity index (χ1v) is 3.31. The van der Waals surface area contributed by atoms with E-state index in [-0.39, 0.29) is 0 Å². The number of halogens is 1. The van der Waals surface area contributed by atoms with Gasteiger partial charge in [0.2, 0.25) is 0 Å². The van der Waals surface area contributed by atoms with Gasteiger partial charge in [0.25, 0.3) is 0 Å². The summed E-state index contributed by atoms with van der Waals surface area (Å²) >= 11 is 5.55. The van der Waals surface area contributed by atoms with Crippen LogP contribution in [0.2, 0.25) is 0 Å². The normalized spacial score (nSPS) is 9.56. The molecule has 0 unspecified atom stereocenters. The Morgan fingerprint density at radius 3 is 2.78 bits per heavy atom. The molecule has 1 rings (SSSR count). The average molecular weight is 139 g/mol. The SMILES string of the molecule is Cc1[c]c(CCl)c[c]c1. The smallest absolute Gasteiger partial charge is 0.0480 e. The number of hydrogen-bond donors (Lipinski definition) is 0. The van der Waals surface area contributed by atoms with E-state index >= 15 is 0 Å². The van der Waals surface area contributed by atoms with Crippen LogP contribution in [0.1, 0.15) is 11.1 Å². The molecule has 0 amide bonds. The topological polar surface area (TPSA) is 0 Å². The van der Waals surface area contributed by atoms with Crippen molar-refractivity contribution in [2.45, 2.75) is 12.8 Å². The van der Waals surface area contributed by atoms with Gasteiger partial charge < -0.3 is 0 Å². The summed E-state index contributed by atoms with van der Waals surface area (Å²) in [4.78, 5) is 0. The van der Waals surface area contributed by atoms with Gasteiger partial charge in [-0.05, 0) is 36.2 Å². The molecule has 9 heavy (non-hydrogen) atoms. The lowest BCUT2D eigenvalue weighted by Crippen LogP contribution is -1.78. The van der Waals surface area contributed by atoms with E-state index in [2.05, 4.69) is 12.1 Å². The molecule has 0 aliphatic carbocycles. The lowest BCUT2D eigenvalue weighted by Gasteiger charge is -1.92. The van der Waals surface area contributed by atoms with Crippen molar-refractivity contribution in [1.82, 2.24) is 0 Å². The van der Waals surface area contributed by atoms with Crippen LogP contribution >= 0.6 is 11.6 Å². The zero-order chi connectivity index (χ0) is 6.69. The molecule has 46 valence electrons. The van der Waals surface area contributed by atoms with Crippen LogP contribution in [0.3, 0.4) is 0 Å². The number of alkyl halides is 1. The van der Waals surface area contributed by atoms with Crippen molar-refractivity contribution in [3.05, 3.63) is 35.4 Å². The van der Waals surface area contributed by atoms with E-state index in [1.807, 2.05) is 19.1 Å². The Morgan fingerprint density at radius 1 is 1.56 bits per heavy atom. The first-order valence-electron chi connectivity index (χ1n) is 2.78. The molecule has 0 aromatic heterocycles. The van der Waals surface area contributed by atoms with Crippen LogP contribution in [0.4, 0.5) is 0 Å². The van der Waals surface area contributed by atoms with Crippen LogP contribution in [-0.2, 0) is 5.88 Å². The Bertz CT molecular complexity index is 194. The van der Waals surface area contributed by atoms with Crippen LogP contribution in [0.5, 0.6) is 0 Å². The molecule has 0 nitrogen and oxygen atoms in total. The Labute approximate surface area is 60.5 Å². The van der Waals surface area contributed by atoms with E-state index in [0.29, 0.717) is 5.88 Å². The monoisotopic (exact) mass is 138 g/mol. The lowest BCUT2D eigenvalue weighted by atomic mass is 10.2. The summed E-state index contributed by atoms with van der Waals surface area (Å²) in [5, 5.41) is 0. The Balaban J connectivity index is 2.94. The summed E-state index contributed by atoms with van der Waals surface area (Å²) < 4.78 is 0. The van der Waals surface area contributed by atoms with Crippen molar-refractivity contribution in [2.75, 3.05) is 0 Å². The molecule has 0 heterocycles. The third-order valence-corrected chi connectivity index (χ3v) is 1.35. The summed E-state index contributed by atoms with van der Waals surface area (Å²) in [5.41, 5.74) is 2.10. The van der Waals surface area contributed by atoms with Gasteiger partial charge >= 0.3 is 0 Å². The van der Waals surface area contributed by atoms with E-state index in [1.165, 1.54) is 0 Å². The third-order valence-electron chi connectivity index (χ3n) is 1.06. The Hall–Kier alpha value is -0.490. The van der Waals surface area contributed by atoms with Gasteiger partial charge in [-0.25, -0.2) is 0 Å². The highest BCUT2D eigenvalue weighted by molar-refractivity contribution is 6.17. The second-order valence-corrected chi connectivity index (χ2v) is 2.19. The Kier molecular flexibility index (Phi) is 2.12. The minimum absolute atomic E-state index is 0.526. The average Bonchev–Trinajstić information content (AvgIpc) is 1.88. The number of rotatable bonds is 1. The molecule has 0 fully saturated rings. The third kappa shape index (κ3) is 1.72. The largest absolute Gasteiger partial charge is 0.122 e. The highest BCUT2D eigenvalue weighted by Crippen LogP contribution is 2.03. The molecule has 1 aromatic rings. The molecule has 1 aromatic carbocycles. The van der Waals surface area contributed by atoms with E-state index in [1.54, 1.807) is 0 Å². The minimum Gasteiger partial charge on any atom is -0.122 e. The maximum Gasteiger partial charge on any atom is 0.0480 e. The molecule has 0 N–H and O–H groups in total. The molecule has 2 radical (unpaired) electrons. The van der Waals surface area contributed by atoms with Crippen LogP contribution in [0.15, 0.2) is 12.1 Å². The van der Waals surface area contributed by atoms with Gasteiger partial charge in [0.15, 0.2) is 0 Å². The zero-order valence-corrected chi connectivity index (χ0v) is 6.00. The molecule has 0 saturated heterocycles. The van der Waals surface area contributed by atoms with Crippen molar-refractivity contribution in [2.24, 2.45) is 0 Å². The predicted molar refractivity (Wildman–Crippen MR) is 38.4 cm³/mol. The van der Waals surface area contributed by atoms with Crippen molar-refractivity contribution >= 4 is 11.6 Å². The van der Waals surface area contributed by atoms with E-state index < -0.39 is 0 Å². The maximum atomic E-state index is 5.55. The summed E-state index contributed by atoms with van der Waals surface area (Å²) in [5.74, 6) is 0.526. The molecule has 0 atom stereocenters. The van der Waals surface area contributed by atoms with Crippen molar-refractivity contribution in [1.29, 1.82) is 0 Å². The lowest BCUT2D eigenvalue weighted by molar-refractivity contribution is 1.33. The van der Waals surface area contributed by atoms with Gasteiger partial charge in [0, 0.05) is 5.88 Å². The molecule has 0 saturated carbocycles. The zero-order valence-electron chi connectivity index (χ0n) is 5.24. The fraction of sp³-hybridized carbons (Fsp3) is 0.250. The summed E-state index contributed by atoms with van der Waals surface area (Å²) in [7, 11) is 0. The number of benzene rings is 1. The van der Waals surface area contributed by atoms with Gasteiger partial charge in [0.05, 0.1) is 0 Å². The van der Waals surface area contributed by atoms with Gasteiger partial charge in [-0.3, -0.25) is 0 Å². The summed E-state index contributed by atoms with van der Waals surface area (Å²) in [6.45, 7) is 1.98. The quantitative estimate of drug-likeness (QED) is 0.523. The van der Waals surface area contributed by atoms with Crippen molar-refractivity contribution < 1.29 is 0 Å².